The Bertz CT molecular complexity index is 922. The summed E-state index contributed by atoms with van der Waals surface area (Å²) >= 11 is 0. The van der Waals surface area contributed by atoms with Gasteiger partial charge >= 0.3 is 5.97 Å². The molecule has 0 aliphatic rings. The normalized spacial score (nSPS) is 11.6. The first kappa shape index (κ1) is 15.2. The van der Waals surface area contributed by atoms with Crippen LogP contribution in [0.25, 0.3) is 16.6 Å². The molecule has 2 heterocycles. The number of hydrogen-bond acceptors (Lipinski definition) is 6. The number of aromatic nitrogens is 3. The highest BCUT2D eigenvalue weighted by Crippen LogP contribution is 2.18. The number of para-hydroxylation sites is 2. The minimum Gasteiger partial charge on any atom is -0.507 e. The fraction of sp³-hybridized carbons (Fsp3) is 0.0588. The summed E-state index contributed by atoms with van der Waals surface area (Å²) in [5.74, 6) is -0.866. The molecule has 0 aliphatic heterocycles. The first-order valence-electron chi connectivity index (χ1n) is 7.04. The molecular formula is C17H12N4O3. The van der Waals surface area contributed by atoms with E-state index in [1.54, 1.807) is 24.3 Å². The number of esters is 1. The molecular weight excluding hydrogens is 308 g/mol. The molecule has 0 saturated heterocycles. The third-order valence-electron chi connectivity index (χ3n) is 3.24. The number of carbonyl (C=O) groups excluding carboxylic acids is 1. The molecule has 2 aromatic heterocycles. The number of hydrogen-bond donors (Lipinski definition) is 2. The number of imidazole rings is 1. The number of ether oxygens (including phenoxy) is 1. The summed E-state index contributed by atoms with van der Waals surface area (Å²) in [4.78, 5) is 22.8. The molecule has 0 saturated carbocycles. The van der Waals surface area contributed by atoms with Gasteiger partial charge in [0.15, 0.2) is 11.6 Å². The quantitative estimate of drug-likeness (QED) is 0.434. The van der Waals surface area contributed by atoms with Crippen molar-refractivity contribution in [3.8, 4) is 6.07 Å². The van der Waals surface area contributed by atoms with Crippen LogP contribution >= 0.6 is 0 Å². The van der Waals surface area contributed by atoms with Gasteiger partial charge in [0, 0.05) is 6.20 Å². The summed E-state index contributed by atoms with van der Waals surface area (Å²) in [6.07, 6.45) is 1.46. The monoisotopic (exact) mass is 320 g/mol. The third kappa shape index (κ3) is 3.08. The van der Waals surface area contributed by atoms with Gasteiger partial charge in [-0.1, -0.05) is 18.2 Å². The molecule has 3 rings (SSSR count). The van der Waals surface area contributed by atoms with Gasteiger partial charge < -0.3 is 14.8 Å². The SMILES string of the molecule is N#CC(=C(O)COC(=O)c1ccccn1)c1nc2ccccc2[nH]1. The fourth-order valence-electron chi connectivity index (χ4n) is 2.09. The van der Waals surface area contributed by atoms with E-state index in [0.29, 0.717) is 5.52 Å². The molecule has 2 N–H and O–H groups in total. The molecule has 118 valence electrons. The predicted octanol–water partition coefficient (Wildman–Crippen LogP) is 2.61. The maximum absolute atomic E-state index is 11.8. The molecule has 0 unspecified atom stereocenters. The number of rotatable bonds is 4. The molecule has 0 spiro atoms. The van der Waals surface area contributed by atoms with Crippen molar-refractivity contribution in [3.05, 3.63) is 65.9 Å². The Morgan fingerprint density at radius 1 is 1.25 bits per heavy atom. The number of nitriles is 1. The Morgan fingerprint density at radius 2 is 2.04 bits per heavy atom. The standard InChI is InChI=1S/C17H12N4O3/c18-9-11(16-20-12-5-1-2-6-13(12)21-16)15(22)10-24-17(23)14-7-3-4-8-19-14/h1-8,22H,10H2,(H,20,21). The number of carbonyl (C=O) groups is 1. The number of aliphatic hydroxyl groups excluding tert-OH is 1. The summed E-state index contributed by atoms with van der Waals surface area (Å²) < 4.78 is 4.97. The second kappa shape index (κ2) is 6.62. The molecule has 0 aliphatic carbocycles. The minimum atomic E-state index is -0.691. The van der Waals surface area contributed by atoms with E-state index >= 15 is 0 Å². The lowest BCUT2D eigenvalue weighted by atomic mass is 10.2. The number of aliphatic hydroxyl groups is 1. The number of H-pyrrole nitrogens is 1. The van der Waals surface area contributed by atoms with Crippen LogP contribution < -0.4 is 0 Å². The lowest BCUT2D eigenvalue weighted by molar-refractivity contribution is 0.0496. The number of aromatic amines is 1. The number of nitrogens with zero attached hydrogens (tertiary/aromatic N) is 3. The van der Waals surface area contributed by atoms with Crippen LogP contribution in [-0.4, -0.2) is 32.6 Å². The highest BCUT2D eigenvalue weighted by molar-refractivity contribution is 5.87. The van der Waals surface area contributed by atoms with Crippen molar-refractivity contribution in [3.63, 3.8) is 0 Å². The predicted molar refractivity (Wildman–Crippen MR) is 85.8 cm³/mol. The van der Waals surface area contributed by atoms with Crippen molar-refractivity contribution < 1.29 is 14.6 Å². The molecule has 0 bridgehead atoms. The Balaban J connectivity index is 1.80. The molecule has 0 fully saturated rings. The van der Waals surface area contributed by atoms with Gasteiger partial charge in [0.05, 0.1) is 11.0 Å². The van der Waals surface area contributed by atoms with E-state index in [1.807, 2.05) is 18.2 Å². The van der Waals surface area contributed by atoms with Gasteiger partial charge in [0.25, 0.3) is 0 Å². The van der Waals surface area contributed by atoms with Gasteiger partial charge in [-0.15, -0.1) is 0 Å². The molecule has 24 heavy (non-hydrogen) atoms. The van der Waals surface area contributed by atoms with Crippen LogP contribution in [0.2, 0.25) is 0 Å². The number of allylic oxidation sites excluding steroid dienone is 1. The molecule has 0 radical (unpaired) electrons. The molecule has 0 atom stereocenters. The fourth-order valence-corrected chi connectivity index (χ4v) is 2.09. The lowest BCUT2D eigenvalue weighted by Crippen LogP contribution is -2.10. The van der Waals surface area contributed by atoms with Crippen LogP contribution in [0, 0.1) is 11.3 Å². The van der Waals surface area contributed by atoms with Crippen LogP contribution in [0.3, 0.4) is 0 Å². The zero-order chi connectivity index (χ0) is 16.9. The first-order valence-corrected chi connectivity index (χ1v) is 7.04. The van der Waals surface area contributed by atoms with Gasteiger partial charge in [-0.25, -0.2) is 14.8 Å². The third-order valence-corrected chi connectivity index (χ3v) is 3.24. The van der Waals surface area contributed by atoms with Gasteiger partial charge in [-0.3, -0.25) is 0 Å². The summed E-state index contributed by atoms with van der Waals surface area (Å²) in [6.45, 7) is -0.449. The Hall–Kier alpha value is -3.66. The van der Waals surface area contributed by atoms with Gasteiger partial charge in [-0.2, -0.15) is 5.26 Å². The van der Waals surface area contributed by atoms with E-state index in [4.69, 9.17) is 4.74 Å². The topological polar surface area (TPSA) is 112 Å². The number of benzene rings is 1. The zero-order valence-electron chi connectivity index (χ0n) is 12.4. The van der Waals surface area contributed by atoms with Gasteiger partial charge in [-0.05, 0) is 24.3 Å². The van der Waals surface area contributed by atoms with Crippen molar-refractivity contribution in [2.24, 2.45) is 0 Å². The molecule has 7 heteroatoms. The van der Waals surface area contributed by atoms with Crippen LogP contribution in [-0.2, 0) is 4.74 Å². The molecule has 7 nitrogen and oxygen atoms in total. The second-order valence-electron chi connectivity index (χ2n) is 4.83. The van der Waals surface area contributed by atoms with Crippen molar-refractivity contribution >= 4 is 22.6 Å². The Kier molecular flexibility index (Phi) is 4.21. The van der Waals surface area contributed by atoms with Crippen LogP contribution in [0.4, 0.5) is 0 Å². The summed E-state index contributed by atoms with van der Waals surface area (Å²) in [7, 11) is 0. The molecule has 0 amide bonds. The summed E-state index contributed by atoms with van der Waals surface area (Å²) in [6, 6.07) is 13.9. The molecule has 1 aromatic carbocycles. The van der Waals surface area contributed by atoms with Crippen molar-refractivity contribution in [2.45, 2.75) is 0 Å². The maximum Gasteiger partial charge on any atom is 0.357 e. The molecule has 3 aromatic rings. The van der Waals surface area contributed by atoms with E-state index in [-0.39, 0.29) is 22.9 Å². The average molecular weight is 320 g/mol. The number of fused-ring (bicyclic) bond motifs is 1. The number of nitrogens with one attached hydrogen (secondary N) is 1. The lowest BCUT2D eigenvalue weighted by Gasteiger charge is -2.04. The first-order chi connectivity index (χ1) is 11.7. The highest BCUT2D eigenvalue weighted by Gasteiger charge is 2.15. The highest BCUT2D eigenvalue weighted by atomic mass is 16.5. The average Bonchev–Trinajstić information content (AvgIpc) is 3.04. The second-order valence-corrected chi connectivity index (χ2v) is 4.83. The van der Waals surface area contributed by atoms with Gasteiger partial charge in [0.2, 0.25) is 0 Å². The van der Waals surface area contributed by atoms with Crippen LogP contribution in [0.1, 0.15) is 16.3 Å². The van der Waals surface area contributed by atoms with Crippen molar-refractivity contribution in [1.82, 2.24) is 15.0 Å². The van der Waals surface area contributed by atoms with Crippen molar-refractivity contribution in [1.29, 1.82) is 5.26 Å². The Morgan fingerprint density at radius 3 is 2.75 bits per heavy atom. The summed E-state index contributed by atoms with van der Waals surface area (Å²) in [5.41, 5.74) is 1.43. The van der Waals surface area contributed by atoms with E-state index in [1.165, 1.54) is 12.3 Å². The van der Waals surface area contributed by atoms with E-state index in [0.717, 1.165) is 5.52 Å². The van der Waals surface area contributed by atoms with Gasteiger partial charge in [0.1, 0.15) is 23.9 Å². The number of pyridine rings is 1. The van der Waals surface area contributed by atoms with Crippen molar-refractivity contribution in [2.75, 3.05) is 6.61 Å². The van der Waals surface area contributed by atoms with E-state index in [9.17, 15) is 15.2 Å². The Labute approximate surface area is 136 Å². The van der Waals surface area contributed by atoms with E-state index < -0.39 is 12.6 Å². The van der Waals surface area contributed by atoms with Crippen LogP contribution in [0.15, 0.2) is 54.4 Å². The maximum atomic E-state index is 11.8. The largest absolute Gasteiger partial charge is 0.507 e. The zero-order valence-corrected chi connectivity index (χ0v) is 12.4. The van der Waals surface area contributed by atoms with Crippen LogP contribution in [0.5, 0.6) is 0 Å². The summed E-state index contributed by atoms with van der Waals surface area (Å²) in [5, 5.41) is 19.4. The minimum absolute atomic E-state index is 0.0833. The van der Waals surface area contributed by atoms with E-state index in [2.05, 4.69) is 15.0 Å². The smallest absolute Gasteiger partial charge is 0.357 e.